The van der Waals surface area contributed by atoms with E-state index in [9.17, 15) is 30.4 Å². The molecule has 0 aliphatic carbocycles. The Hall–Kier alpha value is -4.93. The molecular weight excluding hydrogens is 430 g/mol. The lowest BCUT2D eigenvalue weighted by molar-refractivity contribution is -0.394. The number of non-ortho nitro benzene ring substituents is 1. The van der Waals surface area contributed by atoms with Crippen LogP contribution in [-0.2, 0) is 0 Å². The van der Waals surface area contributed by atoms with Crippen molar-refractivity contribution < 1.29 is 20.1 Å². The van der Waals surface area contributed by atoms with Crippen LogP contribution in [0.1, 0.15) is 5.56 Å². The molecule has 4 rings (SSSR count). The maximum absolute atomic E-state index is 11.5. The molecule has 0 aliphatic heterocycles. The highest BCUT2D eigenvalue weighted by atomic mass is 16.6. The van der Waals surface area contributed by atoms with Crippen LogP contribution in [-0.4, -0.2) is 35.0 Å². The van der Waals surface area contributed by atoms with E-state index in [0.717, 1.165) is 12.1 Å². The van der Waals surface area contributed by atoms with Crippen LogP contribution in [0.2, 0.25) is 0 Å². The van der Waals surface area contributed by atoms with Crippen molar-refractivity contribution in [1.82, 2.24) is 15.0 Å². The van der Waals surface area contributed by atoms with Crippen LogP contribution < -0.4 is 0 Å². The highest BCUT2D eigenvalue weighted by Crippen LogP contribution is 2.36. The Balaban J connectivity index is 2.06. The Bertz CT molecular complexity index is 1360. The number of rotatable bonds is 5. The van der Waals surface area contributed by atoms with Crippen molar-refractivity contribution in [2.75, 3.05) is 0 Å². The summed E-state index contributed by atoms with van der Waals surface area (Å²) in [5, 5.41) is 43.5. The van der Waals surface area contributed by atoms with Gasteiger partial charge in [0.05, 0.1) is 27.0 Å². The van der Waals surface area contributed by atoms with E-state index in [0.29, 0.717) is 0 Å². The molecule has 0 atom stereocenters. The van der Waals surface area contributed by atoms with Gasteiger partial charge in [-0.25, -0.2) is 15.0 Å². The van der Waals surface area contributed by atoms with Gasteiger partial charge in [-0.05, 0) is 31.2 Å². The summed E-state index contributed by atoms with van der Waals surface area (Å²) in [5.41, 5.74) is -0.315. The Morgan fingerprint density at radius 1 is 0.697 bits per heavy atom. The lowest BCUT2D eigenvalue weighted by atomic mass is 10.0. The molecule has 0 bridgehead atoms. The van der Waals surface area contributed by atoms with E-state index in [-0.39, 0.29) is 51.2 Å². The van der Waals surface area contributed by atoms with Crippen LogP contribution in [0.4, 0.5) is 11.4 Å². The first-order chi connectivity index (χ1) is 15.8. The fraction of sp³-hybridized carbons (Fsp3) is 0.0455. The van der Waals surface area contributed by atoms with Gasteiger partial charge in [0, 0.05) is 17.2 Å². The fourth-order valence-electron chi connectivity index (χ4n) is 3.27. The molecule has 0 radical (unpaired) electrons. The average molecular weight is 445 g/mol. The summed E-state index contributed by atoms with van der Waals surface area (Å²) >= 11 is 0. The van der Waals surface area contributed by atoms with E-state index >= 15 is 0 Å². The number of aromatic hydroxyl groups is 2. The monoisotopic (exact) mass is 445 g/mol. The van der Waals surface area contributed by atoms with Crippen LogP contribution in [0, 0.1) is 27.2 Å². The zero-order valence-electron chi connectivity index (χ0n) is 17.0. The molecular formula is C22H15N5O6. The molecule has 0 aliphatic rings. The lowest BCUT2D eigenvalue weighted by Crippen LogP contribution is -2.03. The molecule has 0 amide bonds. The van der Waals surface area contributed by atoms with Crippen molar-refractivity contribution in [2.45, 2.75) is 6.92 Å². The summed E-state index contributed by atoms with van der Waals surface area (Å²) < 4.78 is 0. The van der Waals surface area contributed by atoms with Gasteiger partial charge in [-0.3, -0.25) is 20.2 Å². The number of phenolic OH excluding ortho intramolecular Hbond substituents is 2. The summed E-state index contributed by atoms with van der Waals surface area (Å²) in [4.78, 5) is 34.5. The van der Waals surface area contributed by atoms with E-state index in [1.54, 1.807) is 36.4 Å². The molecule has 0 unspecified atom stereocenters. The predicted molar refractivity (Wildman–Crippen MR) is 118 cm³/mol. The molecule has 3 aromatic carbocycles. The predicted octanol–water partition coefficient (Wildman–Crippen LogP) is 4.41. The molecule has 0 saturated carbocycles. The third-order valence-electron chi connectivity index (χ3n) is 4.94. The topological polar surface area (TPSA) is 165 Å². The Morgan fingerprint density at radius 3 is 1.58 bits per heavy atom. The van der Waals surface area contributed by atoms with E-state index in [1.807, 2.05) is 0 Å². The van der Waals surface area contributed by atoms with Crippen molar-refractivity contribution in [3.63, 3.8) is 0 Å². The second-order valence-electron chi connectivity index (χ2n) is 6.99. The van der Waals surface area contributed by atoms with Gasteiger partial charge in [0.2, 0.25) is 0 Å². The molecule has 0 fully saturated rings. The van der Waals surface area contributed by atoms with E-state index < -0.39 is 21.2 Å². The first-order valence-corrected chi connectivity index (χ1v) is 9.53. The summed E-state index contributed by atoms with van der Waals surface area (Å²) in [5.74, 6) is -0.306. The van der Waals surface area contributed by atoms with Gasteiger partial charge < -0.3 is 10.2 Å². The first-order valence-electron chi connectivity index (χ1n) is 9.53. The van der Waals surface area contributed by atoms with Crippen LogP contribution >= 0.6 is 0 Å². The molecule has 11 heteroatoms. The standard InChI is InChI=1S/C22H15N5O6/c1-12-16(10-13(26(30)31)11-17(12)27(32)33)22-24-20(14-6-2-4-8-18(14)28)23-21(25-22)15-7-3-5-9-19(15)29/h2-11,28-29H,1H3. The second-order valence-corrected chi connectivity index (χ2v) is 6.99. The minimum atomic E-state index is -0.745. The number of para-hydroxylation sites is 2. The van der Waals surface area contributed by atoms with Gasteiger partial charge in [0.15, 0.2) is 17.5 Å². The van der Waals surface area contributed by atoms with Gasteiger partial charge in [0.1, 0.15) is 11.5 Å². The third kappa shape index (κ3) is 4.02. The maximum atomic E-state index is 11.5. The first kappa shape index (κ1) is 21.3. The molecule has 1 aromatic heterocycles. The molecule has 164 valence electrons. The van der Waals surface area contributed by atoms with Crippen molar-refractivity contribution in [3.05, 3.63) is 86.5 Å². The summed E-state index contributed by atoms with van der Waals surface area (Å²) in [6.07, 6.45) is 0. The lowest BCUT2D eigenvalue weighted by Gasteiger charge is -2.11. The smallest absolute Gasteiger partial charge is 0.279 e. The molecule has 1 heterocycles. The van der Waals surface area contributed by atoms with Crippen LogP contribution in [0.3, 0.4) is 0 Å². The number of aromatic nitrogens is 3. The summed E-state index contributed by atoms with van der Waals surface area (Å²) in [6, 6.07) is 14.5. The van der Waals surface area contributed by atoms with Crippen LogP contribution in [0.15, 0.2) is 60.7 Å². The van der Waals surface area contributed by atoms with Crippen molar-refractivity contribution in [3.8, 4) is 45.7 Å². The van der Waals surface area contributed by atoms with Crippen molar-refractivity contribution in [1.29, 1.82) is 0 Å². The van der Waals surface area contributed by atoms with Gasteiger partial charge in [-0.15, -0.1) is 0 Å². The number of hydrogen-bond donors (Lipinski definition) is 2. The highest BCUT2D eigenvalue weighted by Gasteiger charge is 2.25. The Morgan fingerprint density at radius 2 is 1.15 bits per heavy atom. The number of nitro benzene ring substituents is 2. The molecule has 2 N–H and O–H groups in total. The molecule has 0 saturated heterocycles. The van der Waals surface area contributed by atoms with E-state index in [1.165, 1.54) is 19.1 Å². The van der Waals surface area contributed by atoms with Gasteiger partial charge in [-0.2, -0.15) is 0 Å². The molecule has 0 spiro atoms. The number of nitro groups is 2. The van der Waals surface area contributed by atoms with Gasteiger partial charge >= 0.3 is 0 Å². The van der Waals surface area contributed by atoms with Crippen LogP contribution in [0.5, 0.6) is 11.5 Å². The second kappa shape index (κ2) is 8.30. The highest BCUT2D eigenvalue weighted by molar-refractivity contribution is 5.75. The minimum absolute atomic E-state index is 0.0184. The summed E-state index contributed by atoms with van der Waals surface area (Å²) in [6.45, 7) is 1.43. The van der Waals surface area contributed by atoms with Crippen LogP contribution in [0.25, 0.3) is 34.2 Å². The van der Waals surface area contributed by atoms with E-state index in [4.69, 9.17) is 0 Å². The normalized spacial score (nSPS) is 10.7. The summed E-state index contributed by atoms with van der Waals surface area (Å²) in [7, 11) is 0. The number of hydrogen-bond acceptors (Lipinski definition) is 9. The third-order valence-corrected chi connectivity index (χ3v) is 4.94. The molecule has 4 aromatic rings. The maximum Gasteiger partial charge on any atom is 0.279 e. The van der Waals surface area contributed by atoms with Crippen molar-refractivity contribution >= 4 is 11.4 Å². The quantitative estimate of drug-likeness (QED) is 0.334. The minimum Gasteiger partial charge on any atom is -0.507 e. The SMILES string of the molecule is Cc1c(-c2nc(-c3ccccc3O)nc(-c3ccccc3O)n2)cc([N+](=O)[O-])cc1[N+](=O)[O-]. The largest absolute Gasteiger partial charge is 0.507 e. The zero-order chi connectivity index (χ0) is 23.7. The van der Waals surface area contributed by atoms with Crippen molar-refractivity contribution in [2.24, 2.45) is 0 Å². The average Bonchev–Trinajstić information content (AvgIpc) is 2.79. The zero-order valence-corrected chi connectivity index (χ0v) is 17.0. The molecule has 33 heavy (non-hydrogen) atoms. The van der Waals surface area contributed by atoms with Gasteiger partial charge in [-0.1, -0.05) is 24.3 Å². The number of phenols is 2. The number of benzene rings is 3. The van der Waals surface area contributed by atoms with Gasteiger partial charge in [0.25, 0.3) is 11.4 Å². The molecule has 11 nitrogen and oxygen atoms in total. The van der Waals surface area contributed by atoms with E-state index in [2.05, 4.69) is 15.0 Å². The fourth-order valence-corrected chi connectivity index (χ4v) is 3.27. The Labute approximate surface area is 186 Å². The number of nitrogens with zero attached hydrogens (tertiary/aromatic N) is 5. The Kier molecular flexibility index (Phi) is 5.36.